The third-order valence-corrected chi connectivity index (χ3v) is 3.19. The number of hydrogen-bond acceptors (Lipinski definition) is 4. The van der Waals surface area contributed by atoms with Crippen LogP contribution in [0.25, 0.3) is 0 Å². The highest BCUT2D eigenvalue weighted by atomic mass is 15.3. The largest absolute Gasteiger partial charge is 0.351 e. The van der Waals surface area contributed by atoms with Gasteiger partial charge in [-0.15, -0.1) is 5.10 Å². The fourth-order valence-corrected chi connectivity index (χ4v) is 2.33. The summed E-state index contributed by atoms with van der Waals surface area (Å²) < 4.78 is 0. The highest BCUT2D eigenvalue weighted by Gasteiger charge is 2.24. The Bertz CT molecular complexity index is 396. The third-order valence-electron chi connectivity index (χ3n) is 3.19. The van der Waals surface area contributed by atoms with Gasteiger partial charge in [-0.05, 0) is 31.7 Å². The molecular weight excluding hydrogens is 200 g/mol. The minimum absolute atomic E-state index is 0.512. The highest BCUT2D eigenvalue weighted by molar-refractivity contribution is 5.53. The van der Waals surface area contributed by atoms with Crippen LogP contribution in [0.2, 0.25) is 0 Å². The van der Waals surface area contributed by atoms with Gasteiger partial charge in [0.25, 0.3) is 0 Å². The number of piperidine rings is 1. The molecule has 1 aliphatic rings. The van der Waals surface area contributed by atoms with Crippen LogP contribution in [0.15, 0.2) is 12.3 Å². The van der Waals surface area contributed by atoms with Crippen molar-refractivity contribution >= 4 is 5.82 Å². The predicted octanol–water partition coefficient (Wildman–Crippen LogP) is 2.12. The Hall–Kier alpha value is -1.63. The average Bonchev–Trinajstić information content (AvgIpc) is 2.38. The molecule has 2 rings (SSSR count). The van der Waals surface area contributed by atoms with E-state index in [-0.39, 0.29) is 0 Å². The summed E-state index contributed by atoms with van der Waals surface area (Å²) in [6.07, 6.45) is 6.32. The minimum Gasteiger partial charge on any atom is -0.351 e. The lowest BCUT2D eigenvalue weighted by atomic mass is 9.99. The first kappa shape index (κ1) is 10.9. The second-order valence-electron chi connectivity index (χ2n) is 4.13. The van der Waals surface area contributed by atoms with E-state index in [2.05, 4.69) is 28.1 Å². The quantitative estimate of drug-likeness (QED) is 0.759. The second kappa shape index (κ2) is 4.93. The average molecular weight is 216 g/mol. The molecule has 4 nitrogen and oxygen atoms in total. The van der Waals surface area contributed by atoms with Crippen molar-refractivity contribution in [1.29, 1.82) is 5.26 Å². The number of anilines is 1. The van der Waals surface area contributed by atoms with Gasteiger partial charge in [0.15, 0.2) is 5.82 Å². The molecule has 84 valence electrons. The molecule has 4 heteroatoms. The summed E-state index contributed by atoms with van der Waals surface area (Å²) in [5, 5.41) is 17.1. The zero-order chi connectivity index (χ0) is 11.4. The molecule has 1 aromatic rings. The van der Waals surface area contributed by atoms with Crippen molar-refractivity contribution in [3.63, 3.8) is 0 Å². The maximum absolute atomic E-state index is 9.06. The van der Waals surface area contributed by atoms with Gasteiger partial charge in [-0.2, -0.15) is 10.4 Å². The van der Waals surface area contributed by atoms with E-state index in [1.54, 1.807) is 12.3 Å². The van der Waals surface area contributed by atoms with Crippen molar-refractivity contribution < 1.29 is 0 Å². The molecule has 16 heavy (non-hydrogen) atoms. The molecule has 1 fully saturated rings. The summed E-state index contributed by atoms with van der Waals surface area (Å²) in [7, 11) is 0. The van der Waals surface area contributed by atoms with Crippen molar-refractivity contribution in [2.24, 2.45) is 0 Å². The van der Waals surface area contributed by atoms with Crippen LogP contribution in [-0.2, 0) is 0 Å². The molecule has 0 aliphatic carbocycles. The summed E-state index contributed by atoms with van der Waals surface area (Å²) in [6, 6.07) is 4.44. The van der Waals surface area contributed by atoms with E-state index in [9.17, 15) is 0 Å². The summed E-state index contributed by atoms with van der Waals surface area (Å²) >= 11 is 0. The molecular formula is C12H16N4. The Morgan fingerprint density at radius 1 is 1.56 bits per heavy atom. The predicted molar refractivity (Wildman–Crippen MR) is 62.0 cm³/mol. The molecule has 0 N–H and O–H groups in total. The Morgan fingerprint density at radius 3 is 3.19 bits per heavy atom. The normalized spacial score (nSPS) is 20.5. The first-order chi connectivity index (χ1) is 7.86. The van der Waals surface area contributed by atoms with E-state index in [1.165, 1.54) is 19.3 Å². The standard InChI is InChI=1S/C12H16N4/c1-2-11-5-3-4-8-16(11)12-10(9-13)6-7-14-15-12/h6-7,11H,2-5,8H2,1H3. The molecule has 0 amide bonds. The molecule has 1 unspecified atom stereocenters. The van der Waals surface area contributed by atoms with Gasteiger partial charge in [-0.25, -0.2) is 0 Å². The Kier molecular flexibility index (Phi) is 3.35. The van der Waals surface area contributed by atoms with Gasteiger partial charge in [-0.3, -0.25) is 0 Å². The Labute approximate surface area is 95.9 Å². The molecule has 0 radical (unpaired) electrons. The second-order valence-corrected chi connectivity index (χ2v) is 4.13. The molecule has 1 saturated heterocycles. The first-order valence-electron chi connectivity index (χ1n) is 5.85. The van der Waals surface area contributed by atoms with E-state index in [0.29, 0.717) is 11.6 Å². The van der Waals surface area contributed by atoms with E-state index in [1.807, 2.05) is 0 Å². The van der Waals surface area contributed by atoms with Crippen molar-refractivity contribution in [2.45, 2.75) is 38.6 Å². The van der Waals surface area contributed by atoms with Crippen LogP contribution >= 0.6 is 0 Å². The number of nitrogens with zero attached hydrogens (tertiary/aromatic N) is 4. The highest BCUT2D eigenvalue weighted by Crippen LogP contribution is 2.26. The molecule has 1 atom stereocenters. The van der Waals surface area contributed by atoms with Gasteiger partial charge in [-0.1, -0.05) is 6.92 Å². The van der Waals surface area contributed by atoms with Crippen LogP contribution in [0.1, 0.15) is 38.2 Å². The van der Waals surface area contributed by atoms with E-state index in [0.717, 1.165) is 18.8 Å². The molecule has 0 saturated carbocycles. The van der Waals surface area contributed by atoms with E-state index < -0.39 is 0 Å². The van der Waals surface area contributed by atoms with Gasteiger partial charge < -0.3 is 4.90 Å². The van der Waals surface area contributed by atoms with Gasteiger partial charge in [0.1, 0.15) is 6.07 Å². The maximum atomic E-state index is 9.06. The molecule has 0 aromatic carbocycles. The smallest absolute Gasteiger partial charge is 0.169 e. The van der Waals surface area contributed by atoms with Crippen molar-refractivity contribution in [2.75, 3.05) is 11.4 Å². The molecule has 1 aromatic heterocycles. The monoisotopic (exact) mass is 216 g/mol. The SMILES string of the molecule is CCC1CCCCN1c1nnccc1C#N. The minimum atomic E-state index is 0.512. The zero-order valence-electron chi connectivity index (χ0n) is 9.56. The van der Waals surface area contributed by atoms with Crippen molar-refractivity contribution in [1.82, 2.24) is 10.2 Å². The molecule has 1 aliphatic heterocycles. The number of nitriles is 1. The van der Waals surface area contributed by atoms with Crippen LogP contribution < -0.4 is 4.90 Å². The number of hydrogen-bond donors (Lipinski definition) is 0. The fourth-order valence-electron chi connectivity index (χ4n) is 2.33. The van der Waals surface area contributed by atoms with Crippen molar-refractivity contribution in [3.05, 3.63) is 17.8 Å². The van der Waals surface area contributed by atoms with Gasteiger partial charge in [0.2, 0.25) is 0 Å². The zero-order valence-corrected chi connectivity index (χ0v) is 9.56. The summed E-state index contributed by atoms with van der Waals surface area (Å²) in [5.41, 5.74) is 0.635. The fraction of sp³-hybridized carbons (Fsp3) is 0.583. The topological polar surface area (TPSA) is 52.8 Å². The Balaban J connectivity index is 2.31. The lowest BCUT2D eigenvalue weighted by molar-refractivity contribution is 0.445. The molecule has 0 spiro atoms. The summed E-state index contributed by atoms with van der Waals surface area (Å²) in [5.74, 6) is 0.761. The summed E-state index contributed by atoms with van der Waals surface area (Å²) in [4.78, 5) is 2.25. The molecule has 2 heterocycles. The van der Waals surface area contributed by atoms with Gasteiger partial charge in [0, 0.05) is 12.6 Å². The number of rotatable bonds is 2. The van der Waals surface area contributed by atoms with Crippen LogP contribution in [0.4, 0.5) is 5.82 Å². The van der Waals surface area contributed by atoms with Gasteiger partial charge in [0.05, 0.1) is 11.8 Å². The summed E-state index contributed by atoms with van der Waals surface area (Å²) in [6.45, 7) is 3.18. The van der Waals surface area contributed by atoms with Crippen LogP contribution in [0.3, 0.4) is 0 Å². The van der Waals surface area contributed by atoms with E-state index in [4.69, 9.17) is 5.26 Å². The van der Waals surface area contributed by atoms with Gasteiger partial charge >= 0.3 is 0 Å². The maximum Gasteiger partial charge on any atom is 0.169 e. The first-order valence-corrected chi connectivity index (χ1v) is 5.85. The third kappa shape index (κ3) is 1.99. The van der Waals surface area contributed by atoms with E-state index >= 15 is 0 Å². The molecule has 0 bridgehead atoms. The van der Waals surface area contributed by atoms with Crippen LogP contribution in [-0.4, -0.2) is 22.8 Å². The Morgan fingerprint density at radius 2 is 2.44 bits per heavy atom. The lowest BCUT2D eigenvalue weighted by Crippen LogP contribution is -2.40. The van der Waals surface area contributed by atoms with Crippen molar-refractivity contribution in [3.8, 4) is 6.07 Å². The van der Waals surface area contributed by atoms with Crippen LogP contribution in [0, 0.1) is 11.3 Å². The van der Waals surface area contributed by atoms with Crippen LogP contribution in [0.5, 0.6) is 0 Å². The number of aromatic nitrogens is 2. The lowest BCUT2D eigenvalue weighted by Gasteiger charge is -2.36.